The molecule has 7 heteroatoms. The Morgan fingerprint density at radius 1 is 1.54 bits per heavy atom. The van der Waals surface area contributed by atoms with Gasteiger partial charge in [0, 0.05) is 0 Å². The van der Waals surface area contributed by atoms with Crippen molar-refractivity contribution < 1.29 is 16.9 Å². The summed E-state index contributed by atoms with van der Waals surface area (Å²) in [7, 11) is 0. The molecule has 0 saturated heterocycles. The maximum atomic E-state index is 10.8. The van der Waals surface area contributed by atoms with Crippen molar-refractivity contribution in [2.75, 3.05) is 0 Å². The second kappa shape index (κ2) is 3.33. The first kappa shape index (κ1) is 9.98. The van der Waals surface area contributed by atoms with Gasteiger partial charge in [0.05, 0.1) is 0 Å². The van der Waals surface area contributed by atoms with Crippen molar-refractivity contribution in [2.45, 2.75) is 0 Å². The van der Waals surface area contributed by atoms with E-state index in [9.17, 15) is 13.9 Å². The van der Waals surface area contributed by atoms with E-state index in [1.807, 2.05) is 0 Å². The number of nitrogens with zero attached hydrogens (tertiary/aromatic N) is 1. The molecule has 0 aliphatic heterocycles. The summed E-state index contributed by atoms with van der Waals surface area (Å²) in [5, 5.41) is 10.3. The minimum absolute atomic E-state index is 0.526. The van der Waals surface area contributed by atoms with E-state index in [0.717, 1.165) is 12.1 Å². The molecule has 1 aromatic carbocycles. The topological polar surface area (TPSA) is 101 Å². The number of nitro benzene ring substituents is 1. The number of rotatable bonds is 2. The summed E-state index contributed by atoms with van der Waals surface area (Å²) in [6, 6.07) is 5.56. The number of hydrogen-bond acceptors (Lipinski definition) is 3. The Morgan fingerprint density at radius 3 is 2.54 bits per heavy atom. The van der Waals surface area contributed by atoms with Crippen LogP contribution in [0.4, 0.5) is 5.69 Å². The van der Waals surface area contributed by atoms with E-state index in [4.69, 9.17) is 8.19 Å². The van der Waals surface area contributed by atoms with Crippen LogP contribution in [0, 0.1) is 16.2 Å². The van der Waals surface area contributed by atoms with Crippen molar-refractivity contribution in [3.05, 3.63) is 34.4 Å². The molecule has 0 bridgehead atoms. The van der Waals surface area contributed by atoms with Gasteiger partial charge in [0.2, 0.25) is 0 Å². The maximum absolute atomic E-state index is 10.8. The van der Waals surface area contributed by atoms with Crippen LogP contribution >= 0.6 is 0 Å². The molecule has 0 aliphatic rings. The molecule has 1 aromatic rings. The zero-order valence-electron chi connectivity index (χ0n) is 6.25. The Bertz CT molecular complexity index is 384. The third-order valence-electron chi connectivity index (χ3n) is 1.33. The standard InChI is InChI=1S/C6H5AsNO5/c9-7(10,11)5-3-1-2-4-6(5)8(12)13/h1,3-4H,(H2,9,10,11). The summed E-state index contributed by atoms with van der Waals surface area (Å²) in [6.07, 6.45) is 0. The molecule has 1 radical (unpaired) electrons. The van der Waals surface area contributed by atoms with Gasteiger partial charge in [-0.3, -0.25) is 0 Å². The van der Waals surface area contributed by atoms with Crippen LogP contribution in [0.2, 0.25) is 0 Å². The molecule has 6 nitrogen and oxygen atoms in total. The minimum atomic E-state index is -5.19. The normalized spacial score (nSPS) is 11.2. The third kappa shape index (κ3) is 2.18. The van der Waals surface area contributed by atoms with E-state index in [1.54, 1.807) is 0 Å². The van der Waals surface area contributed by atoms with E-state index in [0.29, 0.717) is 0 Å². The average molecular weight is 246 g/mol. The first-order chi connectivity index (χ1) is 5.93. The molecule has 0 heterocycles. The first-order valence-corrected chi connectivity index (χ1v) is 6.52. The third-order valence-corrected chi connectivity index (χ3v) is 3.44. The van der Waals surface area contributed by atoms with Crippen LogP contribution in [0.5, 0.6) is 0 Å². The zero-order chi connectivity index (χ0) is 10.1. The summed E-state index contributed by atoms with van der Waals surface area (Å²) in [5.41, 5.74) is -0.588. The van der Waals surface area contributed by atoms with Crippen molar-refractivity contribution in [2.24, 2.45) is 0 Å². The molecule has 1 rings (SSSR count). The predicted molar refractivity (Wildman–Crippen MR) is 42.4 cm³/mol. The number of hydrogen-bond donors (Lipinski definition) is 2. The molecule has 0 fully saturated rings. The quantitative estimate of drug-likeness (QED) is 0.394. The van der Waals surface area contributed by atoms with Crippen molar-refractivity contribution in [3.63, 3.8) is 0 Å². The summed E-state index contributed by atoms with van der Waals surface area (Å²) in [4.78, 5) is 9.48. The fourth-order valence-corrected chi connectivity index (χ4v) is 2.30. The monoisotopic (exact) mass is 246 g/mol. The molecule has 0 unspecified atom stereocenters. The fourth-order valence-electron chi connectivity index (χ4n) is 0.806. The van der Waals surface area contributed by atoms with Gasteiger partial charge in [-0.15, -0.1) is 0 Å². The molecule has 0 saturated carbocycles. The second-order valence-electron chi connectivity index (χ2n) is 2.22. The van der Waals surface area contributed by atoms with Crippen LogP contribution in [0.25, 0.3) is 0 Å². The summed E-state index contributed by atoms with van der Waals surface area (Å²) < 4.78 is 27.8. The van der Waals surface area contributed by atoms with Gasteiger partial charge in [0.25, 0.3) is 0 Å². The summed E-state index contributed by atoms with van der Waals surface area (Å²) in [6.45, 7) is 0. The second-order valence-corrected chi connectivity index (χ2v) is 5.51. The average Bonchev–Trinajstić information content (AvgIpc) is 2.03. The molecule has 0 aliphatic carbocycles. The van der Waals surface area contributed by atoms with Gasteiger partial charge in [0.1, 0.15) is 0 Å². The van der Waals surface area contributed by atoms with E-state index in [2.05, 4.69) is 6.07 Å². The van der Waals surface area contributed by atoms with Gasteiger partial charge >= 0.3 is 75.4 Å². The van der Waals surface area contributed by atoms with Gasteiger partial charge in [-0.1, -0.05) is 0 Å². The van der Waals surface area contributed by atoms with Gasteiger partial charge in [-0.25, -0.2) is 0 Å². The Morgan fingerprint density at radius 2 is 2.15 bits per heavy atom. The Balaban J connectivity index is 3.37. The first-order valence-electron chi connectivity index (χ1n) is 3.13. The molecule has 0 aromatic heterocycles. The van der Waals surface area contributed by atoms with Gasteiger partial charge in [0.15, 0.2) is 0 Å². The van der Waals surface area contributed by atoms with Gasteiger partial charge in [-0.2, -0.15) is 0 Å². The van der Waals surface area contributed by atoms with Crippen molar-refractivity contribution >= 4 is 24.2 Å². The van der Waals surface area contributed by atoms with Gasteiger partial charge < -0.3 is 0 Å². The predicted octanol–water partition coefficient (Wildman–Crippen LogP) is -1.04. The molecular weight excluding hydrogens is 241 g/mol. The van der Waals surface area contributed by atoms with Crippen LogP contribution in [0.3, 0.4) is 0 Å². The van der Waals surface area contributed by atoms with Crippen molar-refractivity contribution in [1.29, 1.82) is 0 Å². The van der Waals surface area contributed by atoms with E-state index >= 15 is 0 Å². The molecule has 0 amide bonds. The van der Waals surface area contributed by atoms with Crippen LogP contribution in [-0.2, 0) is 3.74 Å². The number of benzene rings is 1. The fraction of sp³-hybridized carbons (Fsp3) is 0. The summed E-state index contributed by atoms with van der Waals surface area (Å²) in [5.74, 6) is 0. The van der Waals surface area contributed by atoms with Crippen LogP contribution in [0.15, 0.2) is 18.2 Å². The molecule has 0 atom stereocenters. The molecule has 69 valence electrons. The summed E-state index contributed by atoms with van der Waals surface area (Å²) >= 11 is -5.19. The van der Waals surface area contributed by atoms with E-state index < -0.39 is 29.1 Å². The van der Waals surface area contributed by atoms with E-state index in [-0.39, 0.29) is 0 Å². The molecule has 0 spiro atoms. The SMILES string of the molecule is O=[N+]([O-])c1c[c]ccc1[As](=O)(O)O. The molecule has 2 N–H and O–H groups in total. The molecule has 13 heavy (non-hydrogen) atoms. The van der Waals surface area contributed by atoms with Gasteiger partial charge in [-0.05, 0) is 0 Å². The Kier molecular flexibility index (Phi) is 2.56. The molecular formula is C6H5AsNO5. The van der Waals surface area contributed by atoms with Crippen molar-refractivity contribution in [3.8, 4) is 0 Å². The van der Waals surface area contributed by atoms with Crippen molar-refractivity contribution in [1.82, 2.24) is 0 Å². The van der Waals surface area contributed by atoms with Crippen LogP contribution in [0.1, 0.15) is 0 Å². The van der Waals surface area contributed by atoms with E-state index in [1.165, 1.54) is 6.07 Å². The van der Waals surface area contributed by atoms with Crippen LogP contribution in [-0.4, -0.2) is 27.3 Å². The zero-order valence-corrected chi connectivity index (χ0v) is 8.12. The van der Waals surface area contributed by atoms with Crippen LogP contribution < -0.4 is 4.35 Å². The number of nitro groups is 1. The Hall–Kier alpha value is -1.10. The Labute approximate surface area is 76.0 Å².